The highest BCUT2D eigenvalue weighted by atomic mass is 16.4. The van der Waals surface area contributed by atoms with E-state index in [4.69, 9.17) is 5.11 Å². The lowest BCUT2D eigenvalue weighted by molar-refractivity contribution is 0.0688. The second kappa shape index (κ2) is 3.66. The Bertz CT molecular complexity index is 354. The molecule has 5 heteroatoms. The first-order chi connectivity index (χ1) is 6.20. The number of rotatable bonds is 4. The van der Waals surface area contributed by atoms with Gasteiger partial charge in [-0.25, -0.2) is 9.78 Å². The number of allylic oxidation sites excluding steroid dienone is 1. The Kier molecular flexibility index (Phi) is 2.59. The van der Waals surface area contributed by atoms with Gasteiger partial charge in [-0.15, -0.1) is 6.58 Å². The van der Waals surface area contributed by atoms with Gasteiger partial charge in [-0.3, -0.25) is 4.79 Å². The van der Waals surface area contributed by atoms with Gasteiger partial charge in [0.05, 0.1) is 6.33 Å². The van der Waals surface area contributed by atoms with Crippen molar-refractivity contribution in [1.29, 1.82) is 0 Å². The van der Waals surface area contributed by atoms with Crippen molar-refractivity contribution in [3.8, 4) is 0 Å². The Morgan fingerprint density at radius 2 is 2.46 bits per heavy atom. The topological polar surface area (TPSA) is 72.2 Å². The third-order valence-corrected chi connectivity index (χ3v) is 1.52. The molecule has 0 spiro atoms. The van der Waals surface area contributed by atoms with Crippen molar-refractivity contribution in [3.05, 3.63) is 30.4 Å². The van der Waals surface area contributed by atoms with Crippen LogP contribution in [-0.4, -0.2) is 26.9 Å². The van der Waals surface area contributed by atoms with Gasteiger partial charge in [0.1, 0.15) is 5.69 Å². The van der Waals surface area contributed by atoms with E-state index in [1.165, 1.54) is 10.9 Å². The van der Waals surface area contributed by atoms with Crippen molar-refractivity contribution in [2.24, 2.45) is 0 Å². The number of hydrogen-bond donors (Lipinski definition) is 1. The van der Waals surface area contributed by atoms with Crippen LogP contribution in [0.5, 0.6) is 0 Å². The van der Waals surface area contributed by atoms with Gasteiger partial charge in [0.15, 0.2) is 12.0 Å². The van der Waals surface area contributed by atoms with Crippen molar-refractivity contribution in [2.75, 3.05) is 0 Å². The molecular formula is C8H8N2O3. The van der Waals surface area contributed by atoms with Crippen molar-refractivity contribution in [2.45, 2.75) is 6.54 Å². The molecule has 0 radical (unpaired) electrons. The van der Waals surface area contributed by atoms with Crippen molar-refractivity contribution < 1.29 is 14.7 Å². The number of hydrogen-bond acceptors (Lipinski definition) is 3. The van der Waals surface area contributed by atoms with Gasteiger partial charge < -0.3 is 9.67 Å². The van der Waals surface area contributed by atoms with E-state index in [9.17, 15) is 9.59 Å². The van der Waals surface area contributed by atoms with Crippen LogP contribution in [0.1, 0.15) is 21.0 Å². The van der Waals surface area contributed by atoms with E-state index in [1.807, 2.05) is 0 Å². The zero-order valence-corrected chi connectivity index (χ0v) is 6.80. The largest absolute Gasteiger partial charge is 0.476 e. The fraction of sp³-hybridized carbons (Fsp3) is 0.125. The molecule has 0 bridgehead atoms. The van der Waals surface area contributed by atoms with Gasteiger partial charge in [0.25, 0.3) is 0 Å². The first-order valence-corrected chi connectivity index (χ1v) is 3.55. The lowest BCUT2D eigenvalue weighted by Gasteiger charge is -1.97. The molecule has 1 aromatic heterocycles. The minimum atomic E-state index is -1.20. The highest BCUT2D eigenvalue weighted by molar-refractivity contribution is 5.94. The number of carbonyl (C=O) groups excluding carboxylic acids is 1. The Labute approximate surface area is 74.3 Å². The van der Waals surface area contributed by atoms with Crippen LogP contribution in [0.4, 0.5) is 0 Å². The number of carbonyl (C=O) groups is 2. The highest BCUT2D eigenvalue weighted by Gasteiger charge is 2.15. The minimum absolute atomic E-state index is 0.0624. The zero-order chi connectivity index (χ0) is 9.84. The Balaban J connectivity index is 3.17. The predicted molar refractivity (Wildman–Crippen MR) is 44.8 cm³/mol. The normalized spacial score (nSPS) is 9.54. The zero-order valence-electron chi connectivity index (χ0n) is 6.80. The predicted octanol–water partition coefficient (Wildman–Crippen LogP) is 0.580. The summed E-state index contributed by atoms with van der Waals surface area (Å²) in [5, 5.41) is 8.62. The molecule has 5 nitrogen and oxygen atoms in total. The molecule has 1 heterocycles. The molecule has 1 aromatic rings. The van der Waals surface area contributed by atoms with Crippen molar-refractivity contribution in [3.63, 3.8) is 0 Å². The van der Waals surface area contributed by atoms with Crippen LogP contribution < -0.4 is 0 Å². The number of imidazole rings is 1. The molecule has 0 aromatic carbocycles. The van der Waals surface area contributed by atoms with Crippen LogP contribution in [0.2, 0.25) is 0 Å². The second-order valence-corrected chi connectivity index (χ2v) is 2.34. The van der Waals surface area contributed by atoms with Crippen LogP contribution in [-0.2, 0) is 6.54 Å². The average Bonchev–Trinajstić information content (AvgIpc) is 2.48. The maximum Gasteiger partial charge on any atom is 0.356 e. The Hall–Kier alpha value is -1.91. The molecule has 0 saturated carbocycles. The first kappa shape index (κ1) is 9.18. The highest BCUT2D eigenvalue weighted by Crippen LogP contribution is 2.04. The average molecular weight is 180 g/mol. The summed E-state index contributed by atoms with van der Waals surface area (Å²) >= 11 is 0. The minimum Gasteiger partial charge on any atom is -0.476 e. The number of carboxylic acids is 1. The van der Waals surface area contributed by atoms with Gasteiger partial charge in [0.2, 0.25) is 0 Å². The molecule has 0 aliphatic heterocycles. The van der Waals surface area contributed by atoms with E-state index in [2.05, 4.69) is 11.6 Å². The van der Waals surface area contributed by atoms with Gasteiger partial charge in [-0.05, 0) is 0 Å². The van der Waals surface area contributed by atoms with Crippen molar-refractivity contribution >= 4 is 12.3 Å². The molecule has 13 heavy (non-hydrogen) atoms. The summed E-state index contributed by atoms with van der Waals surface area (Å²) in [5.41, 5.74) is -0.163. The summed E-state index contributed by atoms with van der Waals surface area (Å²) in [6.07, 6.45) is 3.33. The molecule has 1 N–H and O–H groups in total. The molecule has 0 atom stereocenters. The lowest BCUT2D eigenvalue weighted by Crippen LogP contribution is -2.05. The van der Waals surface area contributed by atoms with E-state index >= 15 is 0 Å². The van der Waals surface area contributed by atoms with E-state index in [-0.39, 0.29) is 11.4 Å². The number of aromatic nitrogens is 2. The summed E-state index contributed by atoms with van der Waals surface area (Å²) in [7, 11) is 0. The maximum atomic E-state index is 10.5. The molecule has 68 valence electrons. The Morgan fingerprint density at radius 1 is 1.77 bits per heavy atom. The molecule has 0 amide bonds. The van der Waals surface area contributed by atoms with E-state index < -0.39 is 5.97 Å². The lowest BCUT2D eigenvalue weighted by atomic mass is 10.3. The second-order valence-electron chi connectivity index (χ2n) is 2.34. The van der Waals surface area contributed by atoms with Crippen LogP contribution in [0.3, 0.4) is 0 Å². The number of carboxylic acid groups (broad SMARTS) is 1. The van der Waals surface area contributed by atoms with Crippen LogP contribution >= 0.6 is 0 Å². The third kappa shape index (κ3) is 1.64. The molecule has 0 unspecified atom stereocenters. The van der Waals surface area contributed by atoms with Crippen LogP contribution in [0.25, 0.3) is 0 Å². The maximum absolute atomic E-state index is 10.5. The molecule has 0 fully saturated rings. The Morgan fingerprint density at radius 3 is 2.92 bits per heavy atom. The number of aromatic carboxylic acids is 1. The van der Waals surface area contributed by atoms with Gasteiger partial charge in [-0.1, -0.05) is 6.08 Å². The summed E-state index contributed by atoms with van der Waals surface area (Å²) < 4.78 is 1.42. The molecule has 0 saturated heterocycles. The van der Waals surface area contributed by atoms with Crippen LogP contribution in [0.15, 0.2) is 19.0 Å². The molecular weight excluding hydrogens is 172 g/mol. The van der Waals surface area contributed by atoms with Gasteiger partial charge >= 0.3 is 5.97 Å². The summed E-state index contributed by atoms with van der Waals surface area (Å²) in [6.45, 7) is 3.84. The van der Waals surface area contributed by atoms with E-state index in [1.54, 1.807) is 6.08 Å². The van der Waals surface area contributed by atoms with Gasteiger partial charge in [0, 0.05) is 6.54 Å². The summed E-state index contributed by atoms with van der Waals surface area (Å²) in [5.74, 6) is -1.20. The molecule has 0 aliphatic rings. The first-order valence-electron chi connectivity index (χ1n) is 3.55. The van der Waals surface area contributed by atoms with E-state index in [0.29, 0.717) is 12.8 Å². The quantitative estimate of drug-likeness (QED) is 0.543. The SMILES string of the molecule is C=CCn1cnc(C(=O)O)c1C=O. The third-order valence-electron chi connectivity index (χ3n) is 1.52. The number of aldehydes is 1. The summed E-state index contributed by atoms with van der Waals surface area (Å²) in [6, 6.07) is 0. The summed E-state index contributed by atoms with van der Waals surface area (Å²) in [4.78, 5) is 24.7. The van der Waals surface area contributed by atoms with E-state index in [0.717, 1.165) is 0 Å². The van der Waals surface area contributed by atoms with Crippen LogP contribution in [0, 0.1) is 0 Å². The monoisotopic (exact) mass is 180 g/mol. The standard InChI is InChI=1S/C8H8N2O3/c1-2-3-10-5-9-7(8(12)13)6(10)4-11/h2,4-5H,1,3H2,(H,12,13). The molecule has 0 aliphatic carbocycles. The molecule has 1 rings (SSSR count). The number of nitrogens with zero attached hydrogens (tertiary/aromatic N) is 2. The fourth-order valence-corrected chi connectivity index (χ4v) is 0.965. The smallest absolute Gasteiger partial charge is 0.356 e. The fourth-order valence-electron chi connectivity index (χ4n) is 0.965. The van der Waals surface area contributed by atoms with Gasteiger partial charge in [-0.2, -0.15) is 0 Å². The van der Waals surface area contributed by atoms with Crippen molar-refractivity contribution in [1.82, 2.24) is 9.55 Å².